The van der Waals surface area contributed by atoms with Gasteiger partial charge < -0.3 is 0 Å². The second-order valence-corrected chi connectivity index (χ2v) is 9.85. The topological polar surface area (TPSA) is 0 Å². The van der Waals surface area contributed by atoms with Gasteiger partial charge in [-0.1, -0.05) is 110 Å². The molecule has 0 aliphatic heterocycles. The van der Waals surface area contributed by atoms with Crippen LogP contribution in [-0.2, 0) is 6.04 Å². The van der Waals surface area contributed by atoms with Crippen molar-refractivity contribution in [3.8, 4) is 0 Å². The van der Waals surface area contributed by atoms with E-state index in [2.05, 4.69) is 74.5 Å². The Kier molecular flexibility index (Phi) is 7.68. The number of rotatable bonds is 9. The van der Waals surface area contributed by atoms with Gasteiger partial charge in [0, 0.05) is 9.52 Å². The van der Waals surface area contributed by atoms with E-state index in [-0.39, 0.29) is 0 Å². The van der Waals surface area contributed by atoms with Crippen LogP contribution >= 0.6 is 0 Å². The van der Waals surface area contributed by atoms with Gasteiger partial charge in [-0.05, 0) is 12.0 Å². The van der Waals surface area contributed by atoms with Crippen LogP contribution < -0.4 is 5.19 Å². The molecule has 0 aliphatic carbocycles. The molecule has 22 heavy (non-hydrogen) atoms. The third kappa shape index (κ3) is 6.76. The van der Waals surface area contributed by atoms with E-state index in [0.29, 0.717) is 0 Å². The zero-order valence-corrected chi connectivity index (χ0v) is 15.8. The van der Waals surface area contributed by atoms with Crippen LogP contribution in [0.1, 0.15) is 38.7 Å². The summed E-state index contributed by atoms with van der Waals surface area (Å²) in [6.07, 6.45) is 4.13. The van der Waals surface area contributed by atoms with Gasteiger partial charge in [0.15, 0.2) is 0 Å². The maximum Gasteiger partial charge on any atom is 0.0808 e. The molecule has 1 atom stereocenters. The Balaban J connectivity index is 1.88. The molecule has 0 bridgehead atoms. The van der Waals surface area contributed by atoms with E-state index in [1.807, 2.05) is 0 Å². The second-order valence-electron chi connectivity index (χ2n) is 6.25. The third-order valence-corrected chi connectivity index (χ3v) is 7.53. The molecule has 0 unspecified atom stereocenters. The first-order valence-corrected chi connectivity index (χ1v) is 10.7. The molecule has 0 nitrogen and oxygen atoms in total. The average Bonchev–Trinajstić information content (AvgIpc) is 2.54. The van der Waals surface area contributed by atoms with Gasteiger partial charge in [-0.2, -0.15) is 0 Å². The van der Waals surface area contributed by atoms with Crippen LogP contribution in [0.15, 0.2) is 60.7 Å². The Bertz CT molecular complexity index is 508. The molecular formula is C20H26Si2. The number of benzene rings is 2. The lowest BCUT2D eigenvalue weighted by molar-refractivity contribution is 0.544. The quantitative estimate of drug-likeness (QED) is 0.597. The van der Waals surface area contributed by atoms with Crippen molar-refractivity contribution in [2.24, 2.45) is 5.92 Å². The van der Waals surface area contributed by atoms with Crippen molar-refractivity contribution < 1.29 is 0 Å². The summed E-state index contributed by atoms with van der Waals surface area (Å²) in [5, 5.41) is 2.39. The third-order valence-electron chi connectivity index (χ3n) is 3.78. The van der Waals surface area contributed by atoms with Crippen LogP contribution in [0.25, 0.3) is 0 Å². The van der Waals surface area contributed by atoms with E-state index in [4.69, 9.17) is 0 Å². The first kappa shape index (κ1) is 17.2. The monoisotopic (exact) mass is 322 g/mol. The first-order valence-electron chi connectivity index (χ1n) is 8.33. The molecule has 0 fully saturated rings. The molecule has 0 saturated carbocycles. The Labute approximate surface area is 141 Å². The summed E-state index contributed by atoms with van der Waals surface area (Å²) in [6, 6.07) is 23.3. The van der Waals surface area contributed by atoms with Crippen LogP contribution in [0.5, 0.6) is 0 Å². The van der Waals surface area contributed by atoms with Gasteiger partial charge in [-0.3, -0.25) is 0 Å². The smallest absolute Gasteiger partial charge is 0.0643 e. The molecular weight excluding hydrogens is 296 g/mol. The van der Waals surface area contributed by atoms with Crippen molar-refractivity contribution in [3.63, 3.8) is 0 Å². The van der Waals surface area contributed by atoms with Crippen LogP contribution in [0.2, 0.25) is 5.16 Å². The fourth-order valence-electron chi connectivity index (χ4n) is 2.53. The molecule has 0 saturated heterocycles. The Morgan fingerprint density at radius 1 is 0.818 bits per heavy atom. The van der Waals surface area contributed by atoms with E-state index in [9.17, 15) is 0 Å². The lowest BCUT2D eigenvalue weighted by Crippen LogP contribution is -2.24. The Hall–Kier alpha value is -1.13. The highest BCUT2D eigenvalue weighted by atomic mass is 28.3. The van der Waals surface area contributed by atoms with Gasteiger partial charge >= 0.3 is 0 Å². The minimum Gasteiger partial charge on any atom is -0.0643 e. The van der Waals surface area contributed by atoms with E-state index < -0.39 is 0 Å². The molecule has 0 N–H and O–H groups in total. The van der Waals surface area contributed by atoms with Crippen LogP contribution in [0.4, 0.5) is 0 Å². The van der Waals surface area contributed by atoms with Gasteiger partial charge in [0.05, 0.1) is 9.52 Å². The summed E-state index contributed by atoms with van der Waals surface area (Å²) in [5.41, 5.74) is 1.49. The van der Waals surface area contributed by atoms with E-state index in [1.54, 1.807) is 0 Å². The molecule has 0 amide bonds. The highest BCUT2D eigenvalue weighted by Gasteiger charge is 2.12. The van der Waals surface area contributed by atoms with Crippen molar-refractivity contribution in [2.45, 2.75) is 44.3 Å². The minimum atomic E-state index is 0.832. The van der Waals surface area contributed by atoms with Crippen molar-refractivity contribution >= 4 is 24.2 Å². The van der Waals surface area contributed by atoms with Crippen molar-refractivity contribution in [1.29, 1.82) is 0 Å². The average molecular weight is 323 g/mol. The molecule has 2 rings (SSSR count). The van der Waals surface area contributed by atoms with Gasteiger partial charge in [0.25, 0.3) is 0 Å². The lowest BCUT2D eigenvalue weighted by Gasteiger charge is -2.16. The summed E-state index contributed by atoms with van der Waals surface area (Å²) in [5.74, 6) is 0.832. The van der Waals surface area contributed by atoms with E-state index in [0.717, 1.165) is 30.1 Å². The minimum absolute atomic E-state index is 0.832. The van der Waals surface area contributed by atoms with Gasteiger partial charge in [0.1, 0.15) is 0 Å². The zero-order chi connectivity index (χ0) is 15.6. The maximum absolute atomic E-state index is 2.33. The van der Waals surface area contributed by atoms with Crippen molar-refractivity contribution in [2.75, 3.05) is 0 Å². The molecule has 0 heterocycles. The standard InChI is InChI=1S/C20H26Si2/c1-17(2)10-9-15-20(22-19-13-7-4-8-14-19)21-16-18-11-5-3-6-12-18/h3-8,11-14,17,20H,9-10,15-16H2,1-2H3/t20-/m1/s1. The highest BCUT2D eigenvalue weighted by molar-refractivity contribution is 6.67. The molecule has 114 valence electrons. The van der Waals surface area contributed by atoms with Crippen LogP contribution in [-0.4, -0.2) is 19.0 Å². The Morgan fingerprint density at radius 3 is 2.09 bits per heavy atom. The first-order chi connectivity index (χ1) is 10.7. The maximum atomic E-state index is 2.33. The zero-order valence-electron chi connectivity index (χ0n) is 13.8. The SMILES string of the molecule is CC(C)CCC[C@H]([Si]Cc1ccccc1)[Si]c1ccccc1. The molecule has 4 radical (unpaired) electrons. The predicted molar refractivity (Wildman–Crippen MR) is 100 cm³/mol. The van der Waals surface area contributed by atoms with Gasteiger partial charge in [-0.15, -0.1) is 0 Å². The molecule has 0 spiro atoms. The lowest BCUT2D eigenvalue weighted by atomic mass is 10.1. The van der Waals surface area contributed by atoms with Crippen molar-refractivity contribution in [3.05, 3.63) is 66.2 Å². The van der Waals surface area contributed by atoms with Crippen LogP contribution in [0, 0.1) is 5.92 Å². The Morgan fingerprint density at radius 2 is 1.45 bits per heavy atom. The summed E-state index contributed by atoms with van der Waals surface area (Å²) in [7, 11) is 2.01. The van der Waals surface area contributed by atoms with E-state index >= 15 is 0 Å². The second kappa shape index (κ2) is 9.80. The van der Waals surface area contributed by atoms with Gasteiger partial charge in [-0.25, -0.2) is 0 Å². The fraction of sp³-hybridized carbons (Fsp3) is 0.400. The molecule has 0 aliphatic rings. The number of hydrogen-bond acceptors (Lipinski definition) is 0. The molecule has 2 aromatic carbocycles. The fourth-order valence-corrected chi connectivity index (χ4v) is 6.00. The highest BCUT2D eigenvalue weighted by Crippen LogP contribution is 2.17. The van der Waals surface area contributed by atoms with Crippen molar-refractivity contribution in [1.82, 2.24) is 0 Å². The molecule has 0 aromatic heterocycles. The normalized spacial score (nSPS) is 12.5. The van der Waals surface area contributed by atoms with Crippen LogP contribution in [0.3, 0.4) is 0 Å². The largest absolute Gasteiger partial charge is 0.0808 e. The summed E-state index contributed by atoms with van der Waals surface area (Å²) >= 11 is 0. The molecule has 2 heteroatoms. The number of hydrogen-bond donors (Lipinski definition) is 0. The molecule has 2 aromatic rings. The summed E-state index contributed by atoms with van der Waals surface area (Å²) in [6.45, 7) is 4.67. The summed E-state index contributed by atoms with van der Waals surface area (Å²) in [4.78, 5) is 0. The summed E-state index contributed by atoms with van der Waals surface area (Å²) < 4.78 is 0. The van der Waals surface area contributed by atoms with Gasteiger partial charge in [0.2, 0.25) is 0 Å². The predicted octanol–water partition coefficient (Wildman–Crippen LogP) is 4.49. The van der Waals surface area contributed by atoms with E-state index in [1.165, 1.54) is 36.1 Å².